The molecule has 494 valence electrons. The van der Waals surface area contributed by atoms with Gasteiger partial charge in [0.2, 0.25) is 5.91 Å². The summed E-state index contributed by atoms with van der Waals surface area (Å²) >= 11 is 0. The van der Waals surface area contributed by atoms with Crippen LogP contribution < -0.4 is 5.32 Å². The molecule has 0 aromatic carbocycles. The van der Waals surface area contributed by atoms with Gasteiger partial charge in [0.15, 0.2) is 12.6 Å². The van der Waals surface area contributed by atoms with E-state index in [1.54, 1.807) is 6.08 Å². The first kappa shape index (κ1) is 78.3. The zero-order valence-electron chi connectivity index (χ0n) is 53.7. The predicted molar refractivity (Wildman–Crippen MR) is 341 cm³/mol. The Labute approximate surface area is 512 Å². The van der Waals surface area contributed by atoms with E-state index < -0.39 is 86.8 Å². The SMILES string of the molecule is CCCCCCCCCC/C=C\CCCCCCCCCCCCCC(=O)NC(COC1OC(CO)C(OC2OC(CO)C(O)C(O)C2O)C(O)C1O)C(O)/C=C/CC/C=C/CCCCCCCCCCCCCCCCCCCCCCC. The van der Waals surface area contributed by atoms with E-state index in [1.807, 2.05) is 6.08 Å². The highest BCUT2D eigenvalue weighted by Crippen LogP contribution is 2.30. The fourth-order valence-corrected chi connectivity index (χ4v) is 11.7. The summed E-state index contributed by atoms with van der Waals surface area (Å²) in [5.41, 5.74) is 0. The second-order valence-corrected chi connectivity index (χ2v) is 25.0. The largest absolute Gasteiger partial charge is 0.394 e. The lowest BCUT2D eigenvalue weighted by Crippen LogP contribution is -2.65. The van der Waals surface area contributed by atoms with E-state index in [1.165, 1.54) is 244 Å². The molecule has 2 aliphatic rings. The molecule has 1 amide bonds. The first-order valence-corrected chi connectivity index (χ1v) is 35.2. The number of nitrogens with one attached hydrogen (secondary N) is 1. The predicted octanol–water partition coefficient (Wildman–Crippen LogP) is 14.1. The van der Waals surface area contributed by atoms with Crippen LogP contribution >= 0.6 is 0 Å². The van der Waals surface area contributed by atoms with Crippen molar-refractivity contribution < 1.29 is 64.6 Å². The topological polar surface area (TPSA) is 228 Å². The number of carbonyl (C=O) groups excluding carboxylic acids is 1. The molecule has 0 aromatic heterocycles. The molecule has 2 saturated heterocycles. The molecule has 2 aliphatic heterocycles. The Morgan fingerprint density at radius 1 is 0.417 bits per heavy atom. The first-order valence-electron chi connectivity index (χ1n) is 35.2. The number of carbonyl (C=O) groups is 1. The molecular formula is C70H131NO13. The summed E-state index contributed by atoms with van der Waals surface area (Å²) in [6.45, 7) is 2.83. The highest BCUT2D eigenvalue weighted by atomic mass is 16.7. The van der Waals surface area contributed by atoms with Crippen LogP contribution in [0.3, 0.4) is 0 Å². The van der Waals surface area contributed by atoms with E-state index in [2.05, 4.69) is 43.5 Å². The Balaban J connectivity index is 1.70. The number of unbranched alkanes of at least 4 members (excludes halogenated alkanes) is 41. The zero-order valence-corrected chi connectivity index (χ0v) is 53.7. The zero-order chi connectivity index (χ0) is 60.9. The fraction of sp³-hybridized carbons (Fsp3) is 0.900. The Kier molecular flexibility index (Phi) is 51.5. The van der Waals surface area contributed by atoms with Crippen LogP contribution in [0.2, 0.25) is 0 Å². The molecular weight excluding hydrogens is 1060 g/mol. The average molecular weight is 1190 g/mol. The molecule has 2 heterocycles. The molecule has 12 atom stereocenters. The van der Waals surface area contributed by atoms with Crippen LogP contribution in [0.15, 0.2) is 36.5 Å². The molecule has 2 rings (SSSR count). The molecule has 0 radical (unpaired) electrons. The van der Waals surface area contributed by atoms with Gasteiger partial charge in [0.1, 0.15) is 48.8 Å². The summed E-state index contributed by atoms with van der Waals surface area (Å²) in [4.78, 5) is 13.3. The van der Waals surface area contributed by atoms with Crippen molar-refractivity contribution in [2.24, 2.45) is 0 Å². The molecule has 12 unspecified atom stereocenters. The van der Waals surface area contributed by atoms with Crippen molar-refractivity contribution >= 4 is 5.91 Å². The standard InChI is InChI=1S/C70H131NO13/c1-3-5-7-9-11-13-15-17-19-21-23-25-27-28-29-30-32-33-35-37-39-41-43-45-47-49-51-53-59(74)58(57-81-69-67(80)65(78)68(61(56-73)83-69)84-70-66(79)64(77)63(76)60(55-72)82-70)71-62(75)54-52-50-48-46-44-42-40-38-36-34-31-26-24-22-20-18-16-14-12-10-8-6-4-2/h22,24,43,45,51,53,58-61,63-70,72-74,76-80H,3-21,23,25-42,44,46-50,52,54-57H2,1-2H3,(H,71,75)/b24-22-,45-43+,53-51+. The number of allylic oxidation sites excluding steroid dienone is 5. The maximum atomic E-state index is 13.3. The summed E-state index contributed by atoms with van der Waals surface area (Å²) in [7, 11) is 0. The van der Waals surface area contributed by atoms with Gasteiger partial charge in [-0.3, -0.25) is 4.79 Å². The first-order chi connectivity index (χ1) is 41.1. The molecule has 0 bridgehead atoms. The molecule has 14 nitrogen and oxygen atoms in total. The molecule has 0 spiro atoms. The van der Waals surface area contributed by atoms with Crippen LogP contribution in [0.1, 0.15) is 309 Å². The number of aliphatic hydroxyl groups excluding tert-OH is 8. The molecule has 0 aromatic rings. The van der Waals surface area contributed by atoms with Gasteiger partial charge in [-0.25, -0.2) is 0 Å². The monoisotopic (exact) mass is 1190 g/mol. The number of amides is 1. The van der Waals surface area contributed by atoms with Gasteiger partial charge in [-0.2, -0.15) is 0 Å². The van der Waals surface area contributed by atoms with Crippen LogP contribution in [0.5, 0.6) is 0 Å². The Hall–Kier alpha value is -1.79. The van der Waals surface area contributed by atoms with E-state index in [-0.39, 0.29) is 18.9 Å². The summed E-state index contributed by atoms with van der Waals surface area (Å²) in [5.74, 6) is -0.246. The summed E-state index contributed by atoms with van der Waals surface area (Å²) in [6, 6.07) is -0.932. The minimum Gasteiger partial charge on any atom is -0.394 e. The van der Waals surface area contributed by atoms with Crippen LogP contribution in [0.4, 0.5) is 0 Å². The van der Waals surface area contributed by atoms with Crippen LogP contribution in [-0.2, 0) is 23.7 Å². The smallest absolute Gasteiger partial charge is 0.220 e. The lowest BCUT2D eigenvalue weighted by molar-refractivity contribution is -0.359. The number of hydrogen-bond donors (Lipinski definition) is 9. The van der Waals surface area contributed by atoms with Crippen molar-refractivity contribution in [1.29, 1.82) is 0 Å². The lowest BCUT2D eigenvalue weighted by Gasteiger charge is -2.46. The number of ether oxygens (including phenoxy) is 4. The van der Waals surface area contributed by atoms with Crippen molar-refractivity contribution in [3.8, 4) is 0 Å². The van der Waals surface area contributed by atoms with E-state index in [9.17, 15) is 45.6 Å². The van der Waals surface area contributed by atoms with Gasteiger partial charge in [-0.05, 0) is 57.8 Å². The Morgan fingerprint density at radius 2 is 0.762 bits per heavy atom. The van der Waals surface area contributed by atoms with Crippen LogP contribution in [0, 0.1) is 0 Å². The van der Waals surface area contributed by atoms with Crippen molar-refractivity contribution in [3.63, 3.8) is 0 Å². The van der Waals surface area contributed by atoms with Gasteiger partial charge < -0.3 is 65.1 Å². The highest BCUT2D eigenvalue weighted by molar-refractivity contribution is 5.76. The Bertz CT molecular complexity index is 1550. The average Bonchev–Trinajstić information content (AvgIpc) is 3.18. The number of rotatable bonds is 58. The normalized spacial score (nSPS) is 23.8. The van der Waals surface area contributed by atoms with Crippen molar-refractivity contribution in [3.05, 3.63) is 36.5 Å². The number of hydrogen-bond acceptors (Lipinski definition) is 13. The molecule has 0 saturated carbocycles. The molecule has 14 heteroatoms. The van der Waals surface area contributed by atoms with Crippen LogP contribution in [-0.4, -0.2) is 140 Å². The summed E-state index contributed by atoms with van der Waals surface area (Å²) < 4.78 is 22.8. The molecule has 9 N–H and O–H groups in total. The van der Waals surface area contributed by atoms with Gasteiger partial charge in [0.25, 0.3) is 0 Å². The van der Waals surface area contributed by atoms with Gasteiger partial charge in [-0.1, -0.05) is 281 Å². The number of aliphatic hydroxyl groups is 8. The molecule has 0 aliphatic carbocycles. The fourth-order valence-electron chi connectivity index (χ4n) is 11.7. The third kappa shape index (κ3) is 39.3. The third-order valence-corrected chi connectivity index (χ3v) is 17.3. The van der Waals surface area contributed by atoms with E-state index in [0.29, 0.717) is 12.8 Å². The Morgan fingerprint density at radius 3 is 1.17 bits per heavy atom. The third-order valence-electron chi connectivity index (χ3n) is 17.3. The van der Waals surface area contributed by atoms with Crippen molar-refractivity contribution in [2.75, 3.05) is 19.8 Å². The van der Waals surface area contributed by atoms with Crippen LogP contribution in [0.25, 0.3) is 0 Å². The maximum absolute atomic E-state index is 13.3. The minimum absolute atomic E-state index is 0.246. The van der Waals surface area contributed by atoms with Gasteiger partial charge in [0.05, 0.1) is 32.0 Å². The lowest BCUT2D eigenvalue weighted by atomic mass is 9.97. The second-order valence-electron chi connectivity index (χ2n) is 25.0. The van der Waals surface area contributed by atoms with E-state index >= 15 is 0 Å². The van der Waals surface area contributed by atoms with E-state index in [4.69, 9.17) is 18.9 Å². The van der Waals surface area contributed by atoms with Gasteiger partial charge in [0, 0.05) is 6.42 Å². The molecule has 84 heavy (non-hydrogen) atoms. The van der Waals surface area contributed by atoms with E-state index in [0.717, 1.165) is 32.1 Å². The van der Waals surface area contributed by atoms with Gasteiger partial charge >= 0.3 is 0 Å². The quantitative estimate of drug-likeness (QED) is 0.0204. The summed E-state index contributed by atoms with van der Waals surface area (Å²) in [5, 5.41) is 87.4. The highest BCUT2D eigenvalue weighted by Gasteiger charge is 2.51. The van der Waals surface area contributed by atoms with Gasteiger partial charge in [-0.15, -0.1) is 0 Å². The van der Waals surface area contributed by atoms with Crippen molar-refractivity contribution in [2.45, 2.75) is 383 Å². The minimum atomic E-state index is -1.79. The second kappa shape index (κ2) is 55.3. The molecule has 2 fully saturated rings. The summed E-state index contributed by atoms with van der Waals surface area (Å²) in [6.07, 6.45) is 53.5. The van der Waals surface area contributed by atoms with Crippen molar-refractivity contribution in [1.82, 2.24) is 5.32 Å². The maximum Gasteiger partial charge on any atom is 0.220 e.